The quantitative estimate of drug-likeness (QED) is 0.790. The maximum absolute atomic E-state index is 12.0. The Kier molecular flexibility index (Phi) is 4.69. The number of carbonyl (C=O) groups excluding carboxylic acids is 1. The summed E-state index contributed by atoms with van der Waals surface area (Å²) in [4.78, 5) is 12.0. The number of amides is 1. The van der Waals surface area contributed by atoms with Crippen LogP contribution >= 0.6 is 11.6 Å². The van der Waals surface area contributed by atoms with Crippen molar-refractivity contribution in [3.8, 4) is 0 Å². The minimum Gasteiger partial charge on any atom is -0.378 e. The zero-order valence-corrected chi connectivity index (χ0v) is 11.2. The Bertz CT molecular complexity index is 272. The van der Waals surface area contributed by atoms with Crippen molar-refractivity contribution in [2.45, 2.75) is 50.5 Å². The second-order valence-corrected chi connectivity index (χ2v) is 5.96. The van der Waals surface area contributed by atoms with Gasteiger partial charge in [0.25, 0.3) is 0 Å². The van der Waals surface area contributed by atoms with Crippen LogP contribution in [0.1, 0.15) is 39.0 Å². The molecule has 1 saturated heterocycles. The van der Waals surface area contributed by atoms with E-state index >= 15 is 0 Å². The van der Waals surface area contributed by atoms with Gasteiger partial charge in [0.2, 0.25) is 5.91 Å². The third-order valence-electron chi connectivity index (χ3n) is 4.00. The van der Waals surface area contributed by atoms with Crippen molar-refractivity contribution in [3.05, 3.63) is 0 Å². The molecule has 98 valence electrons. The fourth-order valence-electron chi connectivity index (χ4n) is 2.86. The number of hydrogen-bond donors (Lipinski definition) is 1. The second kappa shape index (κ2) is 6.05. The Hall–Kier alpha value is -0.280. The zero-order valence-electron chi connectivity index (χ0n) is 10.5. The Labute approximate surface area is 108 Å². The molecule has 1 heterocycles. The maximum Gasteiger partial charge on any atom is 0.225 e. The van der Waals surface area contributed by atoms with Crippen LogP contribution in [0.2, 0.25) is 0 Å². The molecule has 2 aliphatic rings. The van der Waals surface area contributed by atoms with E-state index in [4.69, 9.17) is 16.3 Å². The van der Waals surface area contributed by atoms with E-state index in [9.17, 15) is 4.79 Å². The lowest BCUT2D eigenvalue weighted by molar-refractivity contribution is -0.126. The first-order valence-electron chi connectivity index (χ1n) is 6.70. The van der Waals surface area contributed by atoms with Crippen LogP contribution in [0.25, 0.3) is 0 Å². The number of carbonyl (C=O) groups is 1. The highest BCUT2D eigenvalue weighted by Gasteiger charge is 2.31. The van der Waals surface area contributed by atoms with E-state index < -0.39 is 0 Å². The number of alkyl halides is 1. The summed E-state index contributed by atoms with van der Waals surface area (Å²) in [5, 5.41) is 3.37. The predicted molar refractivity (Wildman–Crippen MR) is 68.1 cm³/mol. The topological polar surface area (TPSA) is 38.3 Å². The summed E-state index contributed by atoms with van der Waals surface area (Å²) in [6.45, 7) is 3.48. The minimum absolute atomic E-state index is 0.0467. The van der Waals surface area contributed by atoms with Crippen LogP contribution < -0.4 is 5.32 Å². The lowest BCUT2D eigenvalue weighted by atomic mass is 9.88. The highest BCUT2D eigenvalue weighted by Crippen LogP contribution is 2.27. The third kappa shape index (κ3) is 3.59. The number of ether oxygens (including phenoxy) is 1. The number of rotatable bonds is 3. The smallest absolute Gasteiger partial charge is 0.225 e. The first-order chi connectivity index (χ1) is 8.16. The Balaban J connectivity index is 1.72. The summed E-state index contributed by atoms with van der Waals surface area (Å²) in [7, 11) is 0. The van der Waals surface area contributed by atoms with Gasteiger partial charge in [0.1, 0.15) is 0 Å². The molecule has 4 heteroatoms. The molecule has 0 aromatic carbocycles. The largest absolute Gasteiger partial charge is 0.378 e. The average Bonchev–Trinajstić information content (AvgIpc) is 2.72. The first kappa shape index (κ1) is 13.2. The van der Waals surface area contributed by atoms with Crippen LogP contribution in [-0.4, -0.2) is 30.5 Å². The van der Waals surface area contributed by atoms with Gasteiger partial charge < -0.3 is 10.1 Å². The number of halogens is 1. The molecule has 1 aliphatic carbocycles. The van der Waals surface area contributed by atoms with Crippen LogP contribution in [0.3, 0.4) is 0 Å². The van der Waals surface area contributed by atoms with E-state index in [1.807, 2.05) is 6.92 Å². The molecule has 4 atom stereocenters. The van der Waals surface area contributed by atoms with Gasteiger partial charge in [0, 0.05) is 18.5 Å². The SMILES string of the molecule is CC1OCCC1C(=O)NCC1CCCC(Cl)C1. The van der Waals surface area contributed by atoms with E-state index in [-0.39, 0.29) is 17.9 Å². The molecule has 0 bridgehead atoms. The molecule has 1 amide bonds. The molecule has 0 aromatic rings. The maximum atomic E-state index is 12.0. The minimum atomic E-state index is 0.0467. The van der Waals surface area contributed by atoms with Gasteiger partial charge in [-0.25, -0.2) is 0 Å². The summed E-state index contributed by atoms with van der Waals surface area (Å²) in [5.74, 6) is 0.768. The first-order valence-corrected chi connectivity index (χ1v) is 7.14. The fraction of sp³-hybridized carbons (Fsp3) is 0.923. The fourth-order valence-corrected chi connectivity index (χ4v) is 3.27. The Morgan fingerprint density at radius 3 is 2.88 bits per heavy atom. The van der Waals surface area contributed by atoms with Crippen molar-refractivity contribution >= 4 is 17.5 Å². The molecule has 0 spiro atoms. The van der Waals surface area contributed by atoms with Gasteiger partial charge in [0.15, 0.2) is 0 Å². The van der Waals surface area contributed by atoms with Crippen LogP contribution in [0, 0.1) is 11.8 Å². The average molecular weight is 260 g/mol. The number of nitrogens with one attached hydrogen (secondary N) is 1. The van der Waals surface area contributed by atoms with Crippen LogP contribution in [-0.2, 0) is 9.53 Å². The van der Waals surface area contributed by atoms with E-state index in [0.717, 1.165) is 25.8 Å². The highest BCUT2D eigenvalue weighted by atomic mass is 35.5. The summed E-state index contributed by atoms with van der Waals surface area (Å²) in [5.41, 5.74) is 0. The molecular formula is C13H22ClNO2. The molecule has 0 aromatic heterocycles. The van der Waals surface area contributed by atoms with Crippen LogP contribution in [0.4, 0.5) is 0 Å². The molecule has 0 radical (unpaired) electrons. The number of hydrogen-bond acceptors (Lipinski definition) is 2. The Morgan fingerprint density at radius 1 is 1.41 bits per heavy atom. The molecule has 1 N–H and O–H groups in total. The van der Waals surface area contributed by atoms with Crippen molar-refractivity contribution in [2.24, 2.45) is 11.8 Å². The van der Waals surface area contributed by atoms with Gasteiger partial charge in [-0.15, -0.1) is 11.6 Å². The molecule has 2 fully saturated rings. The standard InChI is InChI=1S/C13H22ClNO2/c1-9-12(5-6-17-9)13(16)15-8-10-3-2-4-11(14)7-10/h9-12H,2-8H2,1H3,(H,15,16). The van der Waals surface area contributed by atoms with Crippen LogP contribution in [0.15, 0.2) is 0 Å². The van der Waals surface area contributed by atoms with Crippen molar-refractivity contribution < 1.29 is 9.53 Å². The molecule has 3 nitrogen and oxygen atoms in total. The summed E-state index contributed by atoms with van der Waals surface area (Å²) in [6.07, 6.45) is 5.48. The normalized spacial score (nSPS) is 38.0. The Morgan fingerprint density at radius 2 is 2.24 bits per heavy atom. The molecule has 2 rings (SSSR count). The van der Waals surface area contributed by atoms with Gasteiger partial charge in [-0.3, -0.25) is 4.79 Å². The van der Waals surface area contributed by atoms with Crippen molar-refractivity contribution in [1.29, 1.82) is 0 Å². The van der Waals surface area contributed by atoms with Crippen molar-refractivity contribution in [2.75, 3.05) is 13.2 Å². The zero-order chi connectivity index (χ0) is 12.3. The predicted octanol–water partition coefficient (Wildman–Crippen LogP) is 2.33. The second-order valence-electron chi connectivity index (χ2n) is 5.35. The molecule has 4 unspecified atom stereocenters. The van der Waals surface area contributed by atoms with Gasteiger partial charge in [-0.05, 0) is 38.5 Å². The van der Waals surface area contributed by atoms with E-state index in [1.165, 1.54) is 12.8 Å². The molecule has 1 aliphatic heterocycles. The van der Waals surface area contributed by atoms with Crippen molar-refractivity contribution in [3.63, 3.8) is 0 Å². The summed E-state index contributed by atoms with van der Waals surface area (Å²) < 4.78 is 5.41. The van der Waals surface area contributed by atoms with E-state index in [1.54, 1.807) is 0 Å². The third-order valence-corrected chi connectivity index (χ3v) is 4.39. The van der Waals surface area contributed by atoms with Gasteiger partial charge in [0.05, 0.1) is 12.0 Å². The lowest BCUT2D eigenvalue weighted by Gasteiger charge is -2.26. The van der Waals surface area contributed by atoms with Gasteiger partial charge in [-0.1, -0.05) is 6.42 Å². The van der Waals surface area contributed by atoms with Gasteiger partial charge >= 0.3 is 0 Å². The van der Waals surface area contributed by atoms with E-state index in [0.29, 0.717) is 17.9 Å². The molecule has 1 saturated carbocycles. The molecular weight excluding hydrogens is 238 g/mol. The van der Waals surface area contributed by atoms with E-state index in [2.05, 4.69) is 5.32 Å². The lowest BCUT2D eigenvalue weighted by Crippen LogP contribution is -2.38. The van der Waals surface area contributed by atoms with Crippen LogP contribution in [0.5, 0.6) is 0 Å². The molecule has 17 heavy (non-hydrogen) atoms. The monoisotopic (exact) mass is 259 g/mol. The van der Waals surface area contributed by atoms with Gasteiger partial charge in [-0.2, -0.15) is 0 Å². The van der Waals surface area contributed by atoms with Crippen molar-refractivity contribution in [1.82, 2.24) is 5.32 Å². The summed E-state index contributed by atoms with van der Waals surface area (Å²) >= 11 is 6.14. The highest BCUT2D eigenvalue weighted by molar-refractivity contribution is 6.20. The summed E-state index contributed by atoms with van der Waals surface area (Å²) in [6, 6.07) is 0.